The van der Waals surface area contributed by atoms with Crippen LogP contribution in [0.1, 0.15) is 51.7 Å². The van der Waals surface area contributed by atoms with Crippen LogP contribution in [0, 0.1) is 13.8 Å². The molecule has 7 heteroatoms. The van der Waals surface area contributed by atoms with Gasteiger partial charge in [-0.15, -0.1) is 11.3 Å². The Morgan fingerprint density at radius 1 is 1.46 bits per heavy atom. The van der Waals surface area contributed by atoms with Crippen molar-refractivity contribution < 1.29 is 14.1 Å². The van der Waals surface area contributed by atoms with E-state index in [4.69, 9.17) is 9.26 Å². The largest absolute Gasteiger partial charge is 0.377 e. The van der Waals surface area contributed by atoms with Crippen LogP contribution in [0.3, 0.4) is 0 Å². The number of nitrogens with zero attached hydrogens (tertiary/aromatic N) is 2. The van der Waals surface area contributed by atoms with Gasteiger partial charge in [0.25, 0.3) is 5.91 Å². The number of rotatable bonds is 6. The van der Waals surface area contributed by atoms with Crippen LogP contribution in [0.2, 0.25) is 0 Å². The highest BCUT2D eigenvalue weighted by Crippen LogP contribution is 2.30. The van der Waals surface area contributed by atoms with Gasteiger partial charge >= 0.3 is 0 Å². The molecular weight excluding hydrogens is 350 g/mol. The van der Waals surface area contributed by atoms with E-state index in [9.17, 15) is 4.79 Å². The third kappa shape index (κ3) is 4.00. The van der Waals surface area contributed by atoms with Crippen molar-refractivity contribution in [3.05, 3.63) is 38.4 Å². The average Bonchev–Trinajstić information content (AvgIpc) is 3.18. The molecule has 0 radical (unpaired) electrons. The van der Waals surface area contributed by atoms with E-state index in [1.54, 1.807) is 18.4 Å². The second-order valence-corrected chi connectivity index (χ2v) is 8.43. The molecule has 1 aliphatic heterocycles. The maximum atomic E-state index is 12.6. The van der Waals surface area contributed by atoms with Gasteiger partial charge in [0.15, 0.2) is 0 Å². The normalized spacial score (nSPS) is 15.1. The summed E-state index contributed by atoms with van der Waals surface area (Å²) < 4.78 is 10.6. The number of aryl methyl sites for hydroxylation is 2. The van der Waals surface area contributed by atoms with E-state index in [-0.39, 0.29) is 11.5 Å². The number of amides is 1. The molecule has 0 aromatic carbocycles. The molecule has 3 rings (SSSR count). The lowest BCUT2D eigenvalue weighted by atomic mass is 10.0. The maximum absolute atomic E-state index is 12.6. The van der Waals surface area contributed by atoms with Crippen LogP contribution in [-0.2, 0) is 24.2 Å². The Morgan fingerprint density at radius 2 is 2.23 bits per heavy atom. The summed E-state index contributed by atoms with van der Waals surface area (Å²) in [4.78, 5) is 16.2. The highest BCUT2D eigenvalue weighted by Gasteiger charge is 2.26. The number of carbonyl (C=O) groups excluding carboxylic acids is 1. The third-order valence-corrected chi connectivity index (χ3v) is 6.07. The Morgan fingerprint density at radius 3 is 2.88 bits per heavy atom. The van der Waals surface area contributed by atoms with Crippen LogP contribution >= 0.6 is 11.3 Å². The van der Waals surface area contributed by atoms with Crippen molar-refractivity contribution in [2.75, 3.05) is 20.2 Å². The maximum Gasteiger partial charge on any atom is 0.252 e. The molecule has 2 aromatic rings. The molecule has 0 fully saturated rings. The van der Waals surface area contributed by atoms with Gasteiger partial charge in [-0.2, -0.15) is 0 Å². The topological polar surface area (TPSA) is 67.6 Å². The van der Waals surface area contributed by atoms with Crippen LogP contribution in [0.25, 0.3) is 0 Å². The summed E-state index contributed by atoms with van der Waals surface area (Å²) in [6, 6.07) is 0. The van der Waals surface area contributed by atoms with Gasteiger partial charge in [-0.05, 0) is 39.7 Å². The Labute approximate surface area is 158 Å². The van der Waals surface area contributed by atoms with Crippen molar-refractivity contribution in [2.45, 2.75) is 52.8 Å². The molecule has 142 valence electrons. The number of thiophene rings is 1. The van der Waals surface area contributed by atoms with Crippen molar-refractivity contribution in [3.8, 4) is 0 Å². The van der Waals surface area contributed by atoms with E-state index < -0.39 is 0 Å². The minimum absolute atomic E-state index is 0.00759. The van der Waals surface area contributed by atoms with Gasteiger partial charge in [-0.3, -0.25) is 9.69 Å². The van der Waals surface area contributed by atoms with Crippen LogP contribution < -0.4 is 5.32 Å². The van der Waals surface area contributed by atoms with Crippen molar-refractivity contribution in [2.24, 2.45) is 0 Å². The summed E-state index contributed by atoms with van der Waals surface area (Å²) in [7, 11) is 1.66. The highest BCUT2D eigenvalue weighted by atomic mass is 32.1. The minimum atomic E-state index is -0.364. The molecule has 0 spiro atoms. The van der Waals surface area contributed by atoms with Gasteiger partial charge in [0.2, 0.25) is 0 Å². The number of aromatic nitrogens is 1. The Bertz CT molecular complexity index is 775. The number of methoxy groups -OCH3 is 1. The van der Waals surface area contributed by atoms with Gasteiger partial charge in [0.05, 0.1) is 16.9 Å². The van der Waals surface area contributed by atoms with Gasteiger partial charge in [0.1, 0.15) is 5.76 Å². The first kappa shape index (κ1) is 19.1. The van der Waals surface area contributed by atoms with Crippen LogP contribution in [0.15, 0.2) is 9.90 Å². The summed E-state index contributed by atoms with van der Waals surface area (Å²) in [5.74, 6) is 0.882. The minimum Gasteiger partial charge on any atom is -0.377 e. The molecular formula is C19H27N3O3S. The SMILES string of the molecule is COC(C)(C)CNC(=O)c1csc2c1CCN(Cc1c(C)noc1C)C2. The Kier molecular flexibility index (Phi) is 5.50. The molecule has 0 aliphatic carbocycles. The Hall–Kier alpha value is -1.70. The summed E-state index contributed by atoms with van der Waals surface area (Å²) in [5, 5.41) is 9.02. The van der Waals surface area contributed by atoms with E-state index in [1.807, 2.05) is 33.1 Å². The average molecular weight is 378 g/mol. The zero-order valence-electron chi connectivity index (χ0n) is 16.1. The highest BCUT2D eigenvalue weighted by molar-refractivity contribution is 7.10. The molecule has 0 unspecified atom stereocenters. The van der Waals surface area contributed by atoms with Gasteiger partial charge in [-0.25, -0.2) is 0 Å². The molecule has 0 atom stereocenters. The number of hydrogen-bond acceptors (Lipinski definition) is 6. The molecule has 26 heavy (non-hydrogen) atoms. The number of ether oxygens (including phenoxy) is 1. The van der Waals surface area contributed by atoms with E-state index in [0.717, 1.165) is 43.1 Å². The summed E-state index contributed by atoms with van der Waals surface area (Å²) >= 11 is 1.67. The summed E-state index contributed by atoms with van der Waals surface area (Å²) in [6.45, 7) is 11.0. The van der Waals surface area contributed by atoms with Crippen LogP contribution in [-0.4, -0.2) is 41.8 Å². The van der Waals surface area contributed by atoms with E-state index in [0.29, 0.717) is 6.54 Å². The lowest BCUT2D eigenvalue weighted by Gasteiger charge is -2.27. The van der Waals surface area contributed by atoms with Crippen LogP contribution in [0.4, 0.5) is 0 Å². The first-order valence-corrected chi connectivity index (χ1v) is 9.75. The number of hydrogen-bond donors (Lipinski definition) is 1. The van der Waals surface area contributed by atoms with Gasteiger partial charge < -0.3 is 14.6 Å². The van der Waals surface area contributed by atoms with Crippen molar-refractivity contribution >= 4 is 17.2 Å². The third-order valence-electron chi connectivity index (χ3n) is 5.06. The standard InChI is InChI=1S/C19H27N3O3S/c1-12-15(13(2)25-21-12)8-22-7-6-14-16(10-26-17(14)9-22)18(23)20-11-19(3,4)24-5/h10H,6-9,11H2,1-5H3,(H,20,23). The molecule has 1 N–H and O–H groups in total. The second kappa shape index (κ2) is 7.50. The fraction of sp³-hybridized carbons (Fsp3) is 0.579. The summed E-state index contributed by atoms with van der Waals surface area (Å²) in [6.07, 6.45) is 0.888. The molecule has 1 amide bonds. The second-order valence-electron chi connectivity index (χ2n) is 7.46. The van der Waals surface area contributed by atoms with Crippen molar-refractivity contribution in [1.29, 1.82) is 0 Å². The quantitative estimate of drug-likeness (QED) is 0.838. The number of carbonyl (C=O) groups is 1. The van der Waals surface area contributed by atoms with E-state index in [1.165, 1.54) is 16.0 Å². The van der Waals surface area contributed by atoms with Crippen molar-refractivity contribution in [1.82, 2.24) is 15.4 Å². The lowest BCUT2D eigenvalue weighted by Crippen LogP contribution is -2.40. The van der Waals surface area contributed by atoms with Gasteiger partial charge in [0, 0.05) is 49.1 Å². The first-order chi connectivity index (χ1) is 12.3. The van der Waals surface area contributed by atoms with Crippen LogP contribution in [0.5, 0.6) is 0 Å². The molecule has 6 nitrogen and oxygen atoms in total. The number of nitrogens with one attached hydrogen (secondary N) is 1. The number of fused-ring (bicyclic) bond motifs is 1. The Balaban J connectivity index is 1.66. The lowest BCUT2D eigenvalue weighted by molar-refractivity contribution is 0.0228. The molecule has 0 saturated carbocycles. The molecule has 0 saturated heterocycles. The smallest absolute Gasteiger partial charge is 0.252 e. The molecule has 2 aromatic heterocycles. The fourth-order valence-corrected chi connectivity index (χ4v) is 4.24. The first-order valence-electron chi connectivity index (χ1n) is 8.87. The monoisotopic (exact) mass is 377 g/mol. The molecule has 1 aliphatic rings. The fourth-order valence-electron chi connectivity index (χ4n) is 3.12. The predicted molar refractivity (Wildman–Crippen MR) is 102 cm³/mol. The predicted octanol–water partition coefficient (Wildman–Crippen LogP) is 3.07. The molecule has 3 heterocycles. The zero-order chi connectivity index (χ0) is 18.9. The van der Waals surface area contributed by atoms with Gasteiger partial charge in [-0.1, -0.05) is 5.16 Å². The molecule has 0 bridgehead atoms. The van der Waals surface area contributed by atoms with E-state index in [2.05, 4.69) is 15.4 Å². The van der Waals surface area contributed by atoms with Crippen molar-refractivity contribution in [3.63, 3.8) is 0 Å². The van der Waals surface area contributed by atoms with E-state index >= 15 is 0 Å². The summed E-state index contributed by atoms with van der Waals surface area (Å²) in [5.41, 5.74) is 3.77. The zero-order valence-corrected chi connectivity index (χ0v) is 17.0.